The number of aromatic nitrogens is 1. The van der Waals surface area contributed by atoms with Gasteiger partial charge >= 0.3 is 6.09 Å². The maximum absolute atomic E-state index is 14.5. The predicted octanol–water partition coefficient (Wildman–Crippen LogP) is 5.45. The Bertz CT molecular complexity index is 1920. The number of amides is 3. The van der Waals surface area contributed by atoms with Gasteiger partial charge in [0.15, 0.2) is 5.78 Å². The average Bonchev–Trinajstić information content (AvgIpc) is 4.03. The van der Waals surface area contributed by atoms with Gasteiger partial charge in [0, 0.05) is 23.9 Å². The summed E-state index contributed by atoms with van der Waals surface area (Å²) in [6.07, 6.45) is 11.2. The number of pyridine rings is 1. The lowest BCUT2D eigenvalue weighted by atomic mass is 9.91. The van der Waals surface area contributed by atoms with Crippen molar-refractivity contribution in [2.45, 2.75) is 140 Å². The Labute approximate surface area is 311 Å². The van der Waals surface area contributed by atoms with Crippen LogP contribution in [0.15, 0.2) is 36.4 Å². The summed E-state index contributed by atoms with van der Waals surface area (Å²) >= 11 is 0. The monoisotopic (exact) mass is 748 g/mol. The van der Waals surface area contributed by atoms with Crippen LogP contribution < -0.4 is 14.8 Å². The number of hydrogen-bond acceptors (Lipinski definition) is 9. The van der Waals surface area contributed by atoms with E-state index in [1.54, 1.807) is 20.8 Å². The van der Waals surface area contributed by atoms with Crippen molar-refractivity contribution in [1.29, 1.82) is 0 Å². The number of ether oxygens (including phenoxy) is 2. The Morgan fingerprint density at radius 2 is 1.74 bits per heavy atom. The van der Waals surface area contributed by atoms with E-state index in [-0.39, 0.29) is 31.1 Å². The molecule has 1 saturated heterocycles. The van der Waals surface area contributed by atoms with Crippen LogP contribution in [-0.4, -0.2) is 77.6 Å². The number of allylic oxidation sites excluding steroid dienone is 2. The third-order valence-corrected chi connectivity index (χ3v) is 13.2. The highest BCUT2D eigenvalue weighted by atomic mass is 32.2. The smallest absolute Gasteiger partial charge is 0.408 e. The van der Waals surface area contributed by atoms with Crippen LogP contribution in [0.5, 0.6) is 5.88 Å². The molecule has 0 bridgehead atoms. The van der Waals surface area contributed by atoms with Crippen molar-refractivity contribution in [3.63, 3.8) is 0 Å². The number of carbonyl (C=O) groups is 4. The number of sulfonamides is 1. The Morgan fingerprint density at radius 1 is 0.981 bits per heavy atom. The van der Waals surface area contributed by atoms with E-state index in [0.29, 0.717) is 38.0 Å². The molecule has 2 saturated carbocycles. The number of carbonyl (C=O) groups excluding carboxylic acids is 4. The molecule has 0 radical (unpaired) electrons. The van der Waals surface area contributed by atoms with E-state index in [9.17, 15) is 27.6 Å². The maximum atomic E-state index is 14.5. The number of alkyl carbamates (subject to hydrolysis) is 1. The number of fused-ring (bicyclic) bond motifs is 5. The SMILES string of the molecule is CC(C)(C)OC(=O)N[C@H]1CCCCC/C=C\[C@@H]2C[C@@]2(C(=O)NS(=O)(=O)C2CC2)CC(=O)C2C[C@@H](Oc3nc4c(c5ccccc35)CCCC4)CN2C1=O. The fraction of sp³-hybridized carbons (Fsp3) is 0.625. The van der Waals surface area contributed by atoms with Crippen molar-refractivity contribution in [3.05, 3.63) is 47.7 Å². The molecular weight excluding hydrogens is 697 g/mol. The fourth-order valence-electron chi connectivity index (χ4n) is 8.30. The molecule has 3 amide bonds. The predicted molar refractivity (Wildman–Crippen MR) is 199 cm³/mol. The van der Waals surface area contributed by atoms with Gasteiger partial charge in [0.05, 0.1) is 23.3 Å². The van der Waals surface area contributed by atoms with Gasteiger partial charge in [-0.3, -0.25) is 19.1 Å². The highest BCUT2D eigenvalue weighted by Gasteiger charge is 2.61. The average molecular weight is 749 g/mol. The number of nitrogens with zero attached hydrogens (tertiary/aromatic N) is 2. The molecule has 3 heterocycles. The standard InChI is InChI=1S/C40H52N4O8S/c1-39(2,3)52-38(48)42-32-18-8-6-4-5-7-13-25-22-40(25,37(47)43-53(49,50)27-19-20-27)23-34(45)33-21-26(24-44(33)36(32)46)51-35-30-16-10-9-14-28(30)29-15-11-12-17-31(29)41-35/h7,9-10,13-14,16,25-27,32-33H,4-6,8,11-12,15,17-24H2,1-3H3,(H,42,48)(H,43,47)/b13-7-/t25-,26-,32+,33?,40-/m1/s1. The molecule has 1 aromatic carbocycles. The molecule has 3 fully saturated rings. The summed E-state index contributed by atoms with van der Waals surface area (Å²) in [5.74, 6) is -1.25. The third kappa shape index (κ3) is 8.24. The molecule has 2 N–H and O–H groups in total. The normalized spacial score (nSPS) is 28.8. The van der Waals surface area contributed by atoms with Gasteiger partial charge in [0.1, 0.15) is 17.7 Å². The maximum Gasteiger partial charge on any atom is 0.408 e. The van der Waals surface area contributed by atoms with E-state index in [4.69, 9.17) is 14.5 Å². The lowest BCUT2D eigenvalue weighted by Gasteiger charge is -2.30. The van der Waals surface area contributed by atoms with E-state index in [1.807, 2.05) is 30.4 Å². The summed E-state index contributed by atoms with van der Waals surface area (Å²) in [5.41, 5.74) is 0.236. The van der Waals surface area contributed by atoms with Gasteiger partial charge in [0.2, 0.25) is 27.7 Å². The van der Waals surface area contributed by atoms with Gasteiger partial charge in [0.25, 0.3) is 0 Å². The Hall–Kier alpha value is -4.00. The first kappa shape index (κ1) is 37.3. The zero-order valence-electron chi connectivity index (χ0n) is 31.0. The molecule has 5 atom stereocenters. The third-order valence-electron chi connectivity index (χ3n) is 11.3. The molecule has 2 aliphatic heterocycles. The number of rotatable bonds is 6. The van der Waals surface area contributed by atoms with Gasteiger partial charge < -0.3 is 19.7 Å². The second kappa shape index (κ2) is 14.7. The van der Waals surface area contributed by atoms with E-state index in [1.165, 1.54) is 10.5 Å². The zero-order chi connectivity index (χ0) is 37.5. The van der Waals surface area contributed by atoms with Crippen molar-refractivity contribution in [2.24, 2.45) is 11.3 Å². The van der Waals surface area contributed by atoms with Crippen LogP contribution in [-0.2, 0) is 42.0 Å². The number of nitrogens with one attached hydrogen (secondary N) is 2. The lowest BCUT2D eigenvalue weighted by molar-refractivity contribution is -0.140. The van der Waals surface area contributed by atoms with Crippen molar-refractivity contribution in [2.75, 3.05) is 6.54 Å². The highest BCUT2D eigenvalue weighted by molar-refractivity contribution is 7.90. The minimum atomic E-state index is -3.84. The van der Waals surface area contributed by atoms with E-state index in [0.717, 1.165) is 61.4 Å². The number of benzene rings is 1. The first-order chi connectivity index (χ1) is 25.2. The summed E-state index contributed by atoms with van der Waals surface area (Å²) in [5, 5.41) is 4.17. The minimum Gasteiger partial charge on any atom is -0.472 e. The molecule has 3 aliphatic carbocycles. The fourth-order valence-corrected chi connectivity index (χ4v) is 9.69. The Morgan fingerprint density at radius 3 is 2.49 bits per heavy atom. The van der Waals surface area contributed by atoms with Gasteiger partial charge in [-0.15, -0.1) is 0 Å². The molecule has 0 spiro atoms. The van der Waals surface area contributed by atoms with Crippen molar-refractivity contribution in [3.8, 4) is 5.88 Å². The van der Waals surface area contributed by atoms with Crippen LogP contribution in [0.4, 0.5) is 4.79 Å². The second-order valence-corrected chi connectivity index (χ2v) is 18.6. The minimum absolute atomic E-state index is 0.0768. The van der Waals surface area contributed by atoms with Gasteiger partial charge in [-0.25, -0.2) is 18.2 Å². The van der Waals surface area contributed by atoms with E-state index >= 15 is 0 Å². The highest BCUT2D eigenvalue weighted by Crippen LogP contribution is 2.57. The number of hydrogen-bond donors (Lipinski definition) is 2. The first-order valence-electron chi connectivity index (χ1n) is 19.4. The van der Waals surface area contributed by atoms with Crippen LogP contribution in [0.3, 0.4) is 0 Å². The quantitative estimate of drug-likeness (QED) is 0.366. The summed E-state index contributed by atoms with van der Waals surface area (Å²) in [6, 6.07) is 6.11. The van der Waals surface area contributed by atoms with Crippen molar-refractivity contribution < 1.29 is 37.1 Å². The molecule has 2 aromatic rings. The Kier molecular flexibility index (Phi) is 10.3. The molecule has 53 heavy (non-hydrogen) atoms. The van der Waals surface area contributed by atoms with Crippen molar-refractivity contribution >= 4 is 44.5 Å². The van der Waals surface area contributed by atoms with Crippen LogP contribution in [0, 0.1) is 11.3 Å². The second-order valence-electron chi connectivity index (χ2n) is 16.6. The topological polar surface area (TPSA) is 161 Å². The zero-order valence-corrected chi connectivity index (χ0v) is 31.8. The summed E-state index contributed by atoms with van der Waals surface area (Å²) in [6.45, 7) is 5.33. The summed E-state index contributed by atoms with van der Waals surface area (Å²) < 4.78 is 40.2. The molecule has 1 aromatic heterocycles. The molecule has 5 aliphatic rings. The first-order valence-corrected chi connectivity index (χ1v) is 20.9. The molecule has 286 valence electrons. The van der Waals surface area contributed by atoms with Crippen LogP contribution in [0.25, 0.3) is 10.8 Å². The molecule has 12 nitrogen and oxygen atoms in total. The molecule has 7 rings (SSSR count). The number of aryl methyl sites for hydroxylation is 2. The number of ketones is 1. The largest absolute Gasteiger partial charge is 0.472 e. The van der Waals surface area contributed by atoms with Crippen molar-refractivity contribution in [1.82, 2.24) is 19.9 Å². The lowest BCUT2D eigenvalue weighted by Crippen LogP contribution is -2.53. The molecule has 13 heteroatoms. The van der Waals surface area contributed by atoms with Gasteiger partial charge in [-0.1, -0.05) is 43.2 Å². The van der Waals surface area contributed by atoms with Crippen LogP contribution >= 0.6 is 0 Å². The van der Waals surface area contributed by atoms with Gasteiger partial charge in [-0.05, 0) is 108 Å². The van der Waals surface area contributed by atoms with E-state index < -0.39 is 62.4 Å². The van der Waals surface area contributed by atoms with Crippen LogP contribution in [0.1, 0.15) is 109 Å². The Balaban J connectivity index is 1.20. The summed E-state index contributed by atoms with van der Waals surface area (Å²) in [4.78, 5) is 62.4. The van der Waals surface area contributed by atoms with Crippen LogP contribution in [0.2, 0.25) is 0 Å². The molecule has 1 unspecified atom stereocenters. The summed E-state index contributed by atoms with van der Waals surface area (Å²) in [7, 11) is -3.84. The van der Waals surface area contributed by atoms with Gasteiger partial charge in [-0.2, -0.15) is 0 Å². The number of Topliss-reactive ketones (excluding diaryl/α,β-unsaturated/α-hetero) is 1. The molecular formula is C40H52N4O8S. The van der Waals surface area contributed by atoms with E-state index in [2.05, 4.69) is 16.1 Å².